The highest BCUT2D eigenvalue weighted by Gasteiger charge is 1.90. The lowest BCUT2D eigenvalue weighted by atomic mass is 10.1. The van der Waals surface area contributed by atoms with Crippen LogP contribution in [0.3, 0.4) is 0 Å². The van der Waals surface area contributed by atoms with Crippen molar-refractivity contribution >= 4 is 0 Å². The van der Waals surface area contributed by atoms with Gasteiger partial charge in [0.05, 0.1) is 6.73 Å². The van der Waals surface area contributed by atoms with Gasteiger partial charge in [-0.2, -0.15) is 0 Å². The molecule has 0 unspecified atom stereocenters. The van der Waals surface area contributed by atoms with Crippen LogP contribution in [-0.2, 0) is 4.74 Å². The van der Waals surface area contributed by atoms with Crippen LogP contribution in [0.5, 0.6) is 0 Å². The number of hydrogen-bond donors (Lipinski definition) is 1. The summed E-state index contributed by atoms with van der Waals surface area (Å²) in [6, 6.07) is 0. The van der Waals surface area contributed by atoms with Gasteiger partial charge in [0, 0.05) is 6.61 Å². The van der Waals surface area contributed by atoms with Crippen molar-refractivity contribution in [1.29, 1.82) is 0 Å². The van der Waals surface area contributed by atoms with Gasteiger partial charge in [-0.15, -0.1) is 0 Å². The Balaban J connectivity index is 2.72. The highest BCUT2D eigenvalue weighted by molar-refractivity contribution is 4.40. The Morgan fingerprint density at radius 1 is 1.50 bits per heavy atom. The zero-order valence-electron chi connectivity index (χ0n) is 5.68. The Morgan fingerprint density at radius 3 is 2.50 bits per heavy atom. The van der Waals surface area contributed by atoms with Crippen molar-refractivity contribution in [2.75, 3.05) is 13.3 Å². The van der Waals surface area contributed by atoms with Gasteiger partial charge in [-0.1, -0.05) is 13.8 Å². The summed E-state index contributed by atoms with van der Waals surface area (Å²) in [5.41, 5.74) is 5.09. The SMILES string of the molecule is CC(C)CCOCN. The van der Waals surface area contributed by atoms with Crippen molar-refractivity contribution in [2.45, 2.75) is 20.3 Å². The molecule has 0 aromatic carbocycles. The number of rotatable bonds is 4. The maximum Gasteiger partial charge on any atom is 0.0940 e. The summed E-state index contributed by atoms with van der Waals surface area (Å²) in [4.78, 5) is 0. The normalized spacial score (nSPS) is 10.5. The summed E-state index contributed by atoms with van der Waals surface area (Å²) in [6.45, 7) is 5.49. The van der Waals surface area contributed by atoms with E-state index in [0.717, 1.165) is 18.9 Å². The lowest BCUT2D eigenvalue weighted by molar-refractivity contribution is 0.130. The third-order valence-corrected chi connectivity index (χ3v) is 0.957. The van der Waals surface area contributed by atoms with E-state index in [1.807, 2.05) is 0 Å². The van der Waals surface area contributed by atoms with Crippen molar-refractivity contribution in [2.24, 2.45) is 11.7 Å². The van der Waals surface area contributed by atoms with Gasteiger partial charge in [-0.05, 0) is 12.3 Å². The molecule has 0 aliphatic heterocycles. The smallest absolute Gasteiger partial charge is 0.0940 e. The molecule has 0 rings (SSSR count). The molecule has 0 radical (unpaired) electrons. The molecular weight excluding hydrogens is 102 g/mol. The van der Waals surface area contributed by atoms with Gasteiger partial charge in [-0.25, -0.2) is 0 Å². The van der Waals surface area contributed by atoms with E-state index in [4.69, 9.17) is 10.5 Å². The molecular formula is C6H15NO. The van der Waals surface area contributed by atoms with Crippen molar-refractivity contribution in [3.8, 4) is 0 Å². The van der Waals surface area contributed by atoms with E-state index in [9.17, 15) is 0 Å². The molecule has 2 N–H and O–H groups in total. The molecule has 0 aliphatic carbocycles. The van der Waals surface area contributed by atoms with Crippen LogP contribution >= 0.6 is 0 Å². The van der Waals surface area contributed by atoms with E-state index in [0.29, 0.717) is 6.73 Å². The summed E-state index contributed by atoms with van der Waals surface area (Å²) >= 11 is 0. The van der Waals surface area contributed by atoms with Crippen LogP contribution < -0.4 is 5.73 Å². The molecule has 0 amide bonds. The summed E-state index contributed by atoms with van der Waals surface area (Å²) in [7, 11) is 0. The van der Waals surface area contributed by atoms with Crippen LogP contribution in [0.25, 0.3) is 0 Å². The topological polar surface area (TPSA) is 35.2 Å². The molecule has 0 saturated heterocycles. The Bertz CT molecular complexity index is 45.8. The minimum Gasteiger partial charge on any atom is -0.367 e. The molecule has 0 spiro atoms. The van der Waals surface area contributed by atoms with Crippen LogP contribution in [-0.4, -0.2) is 13.3 Å². The lowest BCUT2D eigenvalue weighted by Gasteiger charge is -2.02. The van der Waals surface area contributed by atoms with Crippen molar-refractivity contribution in [3.05, 3.63) is 0 Å². The van der Waals surface area contributed by atoms with E-state index in [2.05, 4.69) is 13.8 Å². The van der Waals surface area contributed by atoms with Crippen LogP contribution in [0.2, 0.25) is 0 Å². The standard InChI is InChI=1S/C6H15NO/c1-6(2)3-4-8-5-7/h6H,3-5,7H2,1-2H3. The fraction of sp³-hybridized carbons (Fsp3) is 1.00. The highest BCUT2D eigenvalue weighted by Crippen LogP contribution is 1.97. The Kier molecular flexibility index (Phi) is 5.01. The number of ether oxygens (including phenoxy) is 1. The largest absolute Gasteiger partial charge is 0.367 e. The molecule has 50 valence electrons. The van der Waals surface area contributed by atoms with Crippen LogP contribution in [0.4, 0.5) is 0 Å². The van der Waals surface area contributed by atoms with Gasteiger partial charge in [0.25, 0.3) is 0 Å². The lowest BCUT2D eigenvalue weighted by Crippen LogP contribution is -2.06. The second-order valence-electron chi connectivity index (χ2n) is 2.26. The predicted octanol–water partition coefficient (Wildman–Crippen LogP) is 0.965. The zero-order chi connectivity index (χ0) is 6.41. The molecule has 0 bridgehead atoms. The second kappa shape index (κ2) is 5.06. The average molecular weight is 117 g/mol. The molecule has 8 heavy (non-hydrogen) atoms. The Morgan fingerprint density at radius 2 is 2.12 bits per heavy atom. The summed E-state index contributed by atoms with van der Waals surface area (Å²) < 4.78 is 4.92. The third-order valence-electron chi connectivity index (χ3n) is 0.957. The molecule has 0 heterocycles. The summed E-state index contributed by atoms with van der Waals surface area (Å²) in [6.07, 6.45) is 1.11. The van der Waals surface area contributed by atoms with Crippen molar-refractivity contribution in [1.82, 2.24) is 0 Å². The first kappa shape index (κ1) is 7.92. The van der Waals surface area contributed by atoms with Gasteiger partial charge in [0.1, 0.15) is 0 Å². The van der Waals surface area contributed by atoms with Gasteiger partial charge in [0.15, 0.2) is 0 Å². The molecule has 0 atom stereocenters. The molecule has 0 aromatic heterocycles. The molecule has 0 saturated carbocycles. The van der Waals surface area contributed by atoms with E-state index in [-0.39, 0.29) is 0 Å². The fourth-order valence-electron chi connectivity index (χ4n) is 0.402. The quantitative estimate of drug-likeness (QED) is 0.440. The van der Waals surface area contributed by atoms with Crippen LogP contribution in [0.1, 0.15) is 20.3 Å². The Labute approximate surface area is 51.0 Å². The van der Waals surface area contributed by atoms with Crippen LogP contribution in [0.15, 0.2) is 0 Å². The maximum absolute atomic E-state index is 5.09. The molecule has 0 aromatic rings. The molecule has 0 aliphatic rings. The molecule has 2 heteroatoms. The highest BCUT2D eigenvalue weighted by atomic mass is 16.5. The van der Waals surface area contributed by atoms with Crippen molar-refractivity contribution < 1.29 is 4.74 Å². The van der Waals surface area contributed by atoms with Gasteiger partial charge < -0.3 is 10.5 Å². The van der Waals surface area contributed by atoms with Gasteiger partial charge in [-0.3, -0.25) is 0 Å². The summed E-state index contributed by atoms with van der Waals surface area (Å²) in [5, 5.41) is 0. The zero-order valence-corrected chi connectivity index (χ0v) is 5.68. The third kappa shape index (κ3) is 5.92. The maximum atomic E-state index is 5.09. The Hall–Kier alpha value is -0.0800. The number of hydrogen-bond acceptors (Lipinski definition) is 2. The van der Waals surface area contributed by atoms with E-state index in [1.54, 1.807) is 0 Å². The average Bonchev–Trinajstić information content (AvgIpc) is 1.66. The molecule has 0 fully saturated rings. The minimum atomic E-state index is 0.354. The monoisotopic (exact) mass is 117 g/mol. The van der Waals surface area contributed by atoms with Crippen LogP contribution in [0, 0.1) is 5.92 Å². The fourth-order valence-corrected chi connectivity index (χ4v) is 0.402. The number of nitrogens with two attached hydrogens (primary N) is 1. The van der Waals surface area contributed by atoms with E-state index in [1.165, 1.54) is 0 Å². The first-order chi connectivity index (χ1) is 3.77. The second-order valence-corrected chi connectivity index (χ2v) is 2.26. The van der Waals surface area contributed by atoms with E-state index >= 15 is 0 Å². The minimum absolute atomic E-state index is 0.354. The first-order valence-electron chi connectivity index (χ1n) is 3.05. The first-order valence-corrected chi connectivity index (χ1v) is 3.05. The van der Waals surface area contributed by atoms with Gasteiger partial charge in [0.2, 0.25) is 0 Å². The van der Waals surface area contributed by atoms with Gasteiger partial charge >= 0.3 is 0 Å². The van der Waals surface area contributed by atoms with E-state index < -0.39 is 0 Å². The predicted molar refractivity (Wildman–Crippen MR) is 34.5 cm³/mol. The summed E-state index contributed by atoms with van der Waals surface area (Å²) in [5.74, 6) is 0.724. The van der Waals surface area contributed by atoms with Crippen molar-refractivity contribution in [3.63, 3.8) is 0 Å². The molecule has 2 nitrogen and oxygen atoms in total.